The monoisotopic (exact) mass is 472 g/mol. The molecule has 2 amide bonds. The van der Waals surface area contributed by atoms with Crippen molar-refractivity contribution in [1.82, 2.24) is 19.9 Å². The van der Waals surface area contributed by atoms with E-state index in [2.05, 4.69) is 20.3 Å². The zero-order chi connectivity index (χ0) is 22.7. The fourth-order valence-corrected chi connectivity index (χ4v) is 3.56. The topological polar surface area (TPSA) is 112 Å². The molecule has 2 N–H and O–H groups in total. The first kappa shape index (κ1) is 21.8. The zero-order valence-electron chi connectivity index (χ0n) is 16.7. The number of halogens is 2. The third-order valence-electron chi connectivity index (χ3n) is 5.00. The predicted octanol–water partition coefficient (Wildman–Crippen LogP) is 3.90. The third-order valence-corrected chi connectivity index (χ3v) is 5.73. The highest BCUT2D eigenvalue weighted by atomic mass is 35.5. The molecule has 0 unspecified atom stereocenters. The number of carboxylic acid groups (broad SMARTS) is 1. The summed E-state index contributed by atoms with van der Waals surface area (Å²) < 4.78 is 0. The first-order valence-corrected chi connectivity index (χ1v) is 10.4. The first-order chi connectivity index (χ1) is 15.4. The second-order valence-electron chi connectivity index (χ2n) is 7.03. The standard InChI is InChI=1S/C21H18Cl2N6O3/c22-15-3-1-13(9-16(15)23)17-10-18(26-12-25-17)20(30)27-14-2-4-19(24-11-14)28-5-7-29(8-6-28)21(31)32/h1-4,9-12H,5-8H2,(H,27,30)(H,31,32). The summed E-state index contributed by atoms with van der Waals surface area (Å²) in [5.41, 5.74) is 1.95. The van der Waals surface area contributed by atoms with Gasteiger partial charge in [-0.2, -0.15) is 0 Å². The minimum atomic E-state index is -0.914. The van der Waals surface area contributed by atoms with Gasteiger partial charge in [-0.25, -0.2) is 19.7 Å². The summed E-state index contributed by atoms with van der Waals surface area (Å²) >= 11 is 12.0. The zero-order valence-corrected chi connectivity index (χ0v) is 18.2. The van der Waals surface area contributed by atoms with Crippen LogP contribution in [0, 0.1) is 0 Å². The van der Waals surface area contributed by atoms with Crippen molar-refractivity contribution in [3.63, 3.8) is 0 Å². The van der Waals surface area contributed by atoms with Gasteiger partial charge in [0.2, 0.25) is 0 Å². The normalized spacial score (nSPS) is 13.7. The number of aromatic nitrogens is 3. The Morgan fingerprint density at radius 1 is 0.938 bits per heavy atom. The van der Waals surface area contributed by atoms with E-state index in [0.717, 1.165) is 5.82 Å². The molecule has 0 saturated carbocycles. The summed E-state index contributed by atoms with van der Waals surface area (Å²) in [4.78, 5) is 39.7. The number of nitrogens with one attached hydrogen (secondary N) is 1. The van der Waals surface area contributed by atoms with Crippen LogP contribution in [0.15, 0.2) is 48.9 Å². The van der Waals surface area contributed by atoms with Gasteiger partial charge < -0.3 is 20.2 Å². The van der Waals surface area contributed by atoms with Crippen LogP contribution in [0.2, 0.25) is 10.0 Å². The molecule has 1 aliphatic heterocycles. The summed E-state index contributed by atoms with van der Waals surface area (Å²) in [6, 6.07) is 10.2. The Balaban J connectivity index is 1.42. The minimum absolute atomic E-state index is 0.190. The highest BCUT2D eigenvalue weighted by Crippen LogP contribution is 2.27. The fraction of sp³-hybridized carbons (Fsp3) is 0.190. The molecular formula is C21H18Cl2N6O3. The quantitative estimate of drug-likeness (QED) is 0.591. The average Bonchev–Trinajstić information content (AvgIpc) is 2.81. The van der Waals surface area contributed by atoms with Crippen molar-refractivity contribution in [2.45, 2.75) is 0 Å². The maximum Gasteiger partial charge on any atom is 0.407 e. The number of benzene rings is 1. The molecule has 164 valence electrons. The van der Waals surface area contributed by atoms with Gasteiger partial charge >= 0.3 is 6.09 Å². The summed E-state index contributed by atoms with van der Waals surface area (Å²) in [6.07, 6.45) is 1.95. The van der Waals surface area contributed by atoms with Crippen LogP contribution in [-0.2, 0) is 0 Å². The number of piperazine rings is 1. The second-order valence-corrected chi connectivity index (χ2v) is 7.85. The number of rotatable bonds is 4. The molecule has 0 radical (unpaired) electrons. The molecule has 1 aromatic carbocycles. The van der Waals surface area contributed by atoms with E-state index in [4.69, 9.17) is 28.3 Å². The molecular weight excluding hydrogens is 455 g/mol. The Hall–Kier alpha value is -3.43. The molecule has 0 bridgehead atoms. The molecule has 1 aliphatic rings. The summed E-state index contributed by atoms with van der Waals surface area (Å²) in [6.45, 7) is 1.96. The Morgan fingerprint density at radius 3 is 2.38 bits per heavy atom. The Bertz CT molecular complexity index is 1150. The van der Waals surface area contributed by atoms with Crippen LogP contribution in [0.4, 0.5) is 16.3 Å². The summed E-state index contributed by atoms with van der Waals surface area (Å²) in [5, 5.41) is 12.6. The molecule has 32 heavy (non-hydrogen) atoms. The summed E-state index contributed by atoms with van der Waals surface area (Å²) in [5.74, 6) is 0.315. The molecule has 2 aromatic heterocycles. The number of hydrogen-bond donors (Lipinski definition) is 2. The number of carbonyl (C=O) groups is 2. The second kappa shape index (κ2) is 9.37. The van der Waals surface area contributed by atoms with Crippen molar-refractivity contribution in [3.8, 4) is 11.3 Å². The fourth-order valence-electron chi connectivity index (χ4n) is 3.26. The molecule has 0 spiro atoms. The smallest absolute Gasteiger partial charge is 0.407 e. The van der Waals surface area contributed by atoms with Crippen LogP contribution in [-0.4, -0.2) is 63.1 Å². The molecule has 0 aliphatic carbocycles. The molecule has 1 saturated heterocycles. The van der Waals surface area contributed by atoms with E-state index in [-0.39, 0.29) is 5.69 Å². The highest BCUT2D eigenvalue weighted by molar-refractivity contribution is 6.42. The van der Waals surface area contributed by atoms with Gasteiger partial charge in [0.15, 0.2) is 0 Å². The number of hydrogen-bond acceptors (Lipinski definition) is 6. The van der Waals surface area contributed by atoms with Crippen molar-refractivity contribution < 1.29 is 14.7 Å². The van der Waals surface area contributed by atoms with Crippen LogP contribution in [0.1, 0.15) is 10.5 Å². The van der Waals surface area contributed by atoms with Crippen LogP contribution < -0.4 is 10.2 Å². The first-order valence-electron chi connectivity index (χ1n) is 9.68. The minimum Gasteiger partial charge on any atom is -0.465 e. The Kier molecular flexibility index (Phi) is 6.38. The number of amides is 2. The van der Waals surface area contributed by atoms with Gasteiger partial charge in [0.1, 0.15) is 17.8 Å². The van der Waals surface area contributed by atoms with Gasteiger partial charge in [0.05, 0.1) is 27.6 Å². The van der Waals surface area contributed by atoms with Crippen molar-refractivity contribution in [3.05, 3.63) is 64.7 Å². The van der Waals surface area contributed by atoms with Crippen LogP contribution >= 0.6 is 23.2 Å². The van der Waals surface area contributed by atoms with Crippen LogP contribution in [0.25, 0.3) is 11.3 Å². The van der Waals surface area contributed by atoms with Gasteiger partial charge in [-0.05, 0) is 30.3 Å². The molecule has 11 heteroatoms. The molecule has 9 nitrogen and oxygen atoms in total. The van der Waals surface area contributed by atoms with Crippen molar-refractivity contribution in [2.75, 3.05) is 36.4 Å². The lowest BCUT2D eigenvalue weighted by Gasteiger charge is -2.33. The average molecular weight is 473 g/mol. The lowest BCUT2D eigenvalue weighted by molar-refractivity contribution is 0.102. The van der Waals surface area contributed by atoms with E-state index >= 15 is 0 Å². The maximum absolute atomic E-state index is 12.7. The number of nitrogens with zero attached hydrogens (tertiary/aromatic N) is 5. The molecule has 0 atom stereocenters. The number of carbonyl (C=O) groups excluding carboxylic acids is 1. The largest absolute Gasteiger partial charge is 0.465 e. The lowest BCUT2D eigenvalue weighted by atomic mass is 10.1. The van der Waals surface area contributed by atoms with E-state index in [1.54, 1.807) is 42.6 Å². The van der Waals surface area contributed by atoms with E-state index < -0.39 is 12.0 Å². The third kappa shape index (κ3) is 4.90. The predicted molar refractivity (Wildman–Crippen MR) is 121 cm³/mol. The van der Waals surface area contributed by atoms with Gasteiger partial charge in [-0.1, -0.05) is 29.3 Å². The van der Waals surface area contributed by atoms with E-state index in [1.165, 1.54) is 11.2 Å². The van der Waals surface area contributed by atoms with Crippen LogP contribution in [0.5, 0.6) is 0 Å². The van der Waals surface area contributed by atoms with E-state index in [0.29, 0.717) is 53.2 Å². The van der Waals surface area contributed by atoms with Gasteiger partial charge in [-0.15, -0.1) is 0 Å². The van der Waals surface area contributed by atoms with E-state index in [1.807, 2.05) is 4.90 Å². The molecule has 4 rings (SSSR count). The van der Waals surface area contributed by atoms with Crippen molar-refractivity contribution in [1.29, 1.82) is 0 Å². The van der Waals surface area contributed by atoms with Crippen molar-refractivity contribution in [2.24, 2.45) is 0 Å². The van der Waals surface area contributed by atoms with Crippen LogP contribution in [0.3, 0.4) is 0 Å². The summed E-state index contributed by atoms with van der Waals surface area (Å²) in [7, 11) is 0. The van der Waals surface area contributed by atoms with E-state index in [9.17, 15) is 9.59 Å². The Morgan fingerprint density at radius 2 is 1.72 bits per heavy atom. The Labute approximate surface area is 193 Å². The SMILES string of the molecule is O=C(Nc1ccc(N2CCN(C(=O)O)CC2)nc1)c1cc(-c2ccc(Cl)c(Cl)c2)ncn1. The lowest BCUT2D eigenvalue weighted by Crippen LogP contribution is -2.48. The van der Waals surface area contributed by atoms with Gasteiger partial charge in [0, 0.05) is 31.7 Å². The maximum atomic E-state index is 12.7. The van der Waals surface area contributed by atoms with Gasteiger partial charge in [-0.3, -0.25) is 4.79 Å². The number of pyridine rings is 1. The van der Waals surface area contributed by atoms with Gasteiger partial charge in [0.25, 0.3) is 5.91 Å². The van der Waals surface area contributed by atoms with Crippen molar-refractivity contribution >= 4 is 46.7 Å². The molecule has 3 heterocycles. The highest BCUT2D eigenvalue weighted by Gasteiger charge is 2.21. The number of anilines is 2. The molecule has 1 fully saturated rings. The molecule has 3 aromatic rings.